The molecule has 0 aliphatic carbocycles. The van der Waals surface area contributed by atoms with Crippen LogP contribution in [0.15, 0.2) is 30.5 Å². The lowest BCUT2D eigenvalue weighted by atomic mass is 9.94. The molecule has 0 bridgehead atoms. The Labute approximate surface area is 120 Å². The highest BCUT2D eigenvalue weighted by Gasteiger charge is 2.28. The average Bonchev–Trinajstić information content (AvgIpc) is 2.81. The summed E-state index contributed by atoms with van der Waals surface area (Å²) in [6.07, 6.45) is 2.60. The van der Waals surface area contributed by atoms with Gasteiger partial charge in [-0.25, -0.2) is 0 Å². The molecule has 2 rings (SSSR count). The summed E-state index contributed by atoms with van der Waals surface area (Å²) in [5, 5.41) is 18.4. The number of nitrogens with one attached hydrogen (secondary N) is 1. The van der Waals surface area contributed by atoms with Crippen LogP contribution in [0.3, 0.4) is 0 Å². The van der Waals surface area contributed by atoms with E-state index in [1.54, 1.807) is 0 Å². The van der Waals surface area contributed by atoms with Gasteiger partial charge in [0.05, 0.1) is 23.8 Å². The Balaban J connectivity index is 2.23. The summed E-state index contributed by atoms with van der Waals surface area (Å²) >= 11 is 0. The molecule has 1 N–H and O–H groups in total. The van der Waals surface area contributed by atoms with Crippen molar-refractivity contribution in [3.05, 3.63) is 30.5 Å². The van der Waals surface area contributed by atoms with E-state index in [1.807, 2.05) is 29.9 Å². The van der Waals surface area contributed by atoms with E-state index in [0.717, 1.165) is 10.9 Å². The van der Waals surface area contributed by atoms with Crippen LogP contribution >= 0.6 is 0 Å². The van der Waals surface area contributed by atoms with Crippen LogP contribution in [-0.2, 0) is 0 Å². The van der Waals surface area contributed by atoms with Gasteiger partial charge < -0.3 is 0 Å². The third-order valence-corrected chi connectivity index (χ3v) is 3.48. The van der Waals surface area contributed by atoms with E-state index in [-0.39, 0.29) is 12.1 Å². The van der Waals surface area contributed by atoms with Crippen molar-refractivity contribution in [1.29, 1.82) is 5.26 Å². The van der Waals surface area contributed by atoms with Crippen molar-refractivity contribution in [3.8, 4) is 6.07 Å². The molecule has 2 unspecified atom stereocenters. The zero-order chi connectivity index (χ0) is 14.8. The number of benzene rings is 1. The van der Waals surface area contributed by atoms with E-state index in [4.69, 9.17) is 0 Å². The van der Waals surface area contributed by atoms with Crippen LogP contribution in [-0.4, -0.2) is 21.4 Å². The van der Waals surface area contributed by atoms with Crippen LogP contribution in [0.5, 0.6) is 0 Å². The fraction of sp³-hybridized carbons (Fsp3) is 0.500. The van der Waals surface area contributed by atoms with Crippen LogP contribution < -0.4 is 5.32 Å². The molecular formula is C16H22N4. The largest absolute Gasteiger partial charge is 0.297 e. The van der Waals surface area contributed by atoms with E-state index >= 15 is 0 Å². The number of rotatable bonds is 5. The molecule has 4 nitrogen and oxygen atoms in total. The summed E-state index contributed by atoms with van der Waals surface area (Å²) in [7, 11) is 0. The third-order valence-electron chi connectivity index (χ3n) is 3.48. The molecular weight excluding hydrogens is 248 g/mol. The number of para-hydroxylation sites is 1. The van der Waals surface area contributed by atoms with Crippen molar-refractivity contribution in [2.75, 3.05) is 0 Å². The molecule has 0 saturated carbocycles. The molecule has 0 amide bonds. The molecule has 1 aromatic heterocycles. The van der Waals surface area contributed by atoms with E-state index in [2.05, 4.69) is 49.4 Å². The topological polar surface area (TPSA) is 53.6 Å². The fourth-order valence-electron chi connectivity index (χ4n) is 2.79. The van der Waals surface area contributed by atoms with Gasteiger partial charge in [0.25, 0.3) is 0 Å². The number of aromatic nitrogens is 2. The van der Waals surface area contributed by atoms with E-state index < -0.39 is 5.54 Å². The standard InChI is InChI=1S/C16H22N4/c1-12(2)19-16(4,11-17)9-13(3)20-15-8-6-5-7-14(15)10-18-20/h5-8,10,12-13,19H,9H2,1-4H3. The summed E-state index contributed by atoms with van der Waals surface area (Å²) < 4.78 is 2.01. The summed E-state index contributed by atoms with van der Waals surface area (Å²) in [6.45, 7) is 8.18. The zero-order valence-corrected chi connectivity index (χ0v) is 12.6. The maximum absolute atomic E-state index is 9.45. The van der Waals surface area contributed by atoms with E-state index in [9.17, 15) is 5.26 Å². The molecule has 2 atom stereocenters. The van der Waals surface area contributed by atoms with Crippen LogP contribution in [0.4, 0.5) is 0 Å². The summed E-state index contributed by atoms with van der Waals surface area (Å²) in [6, 6.07) is 11.0. The molecule has 0 saturated heterocycles. The fourth-order valence-corrected chi connectivity index (χ4v) is 2.79. The smallest absolute Gasteiger partial charge is 0.106 e. The van der Waals surface area contributed by atoms with Gasteiger partial charge >= 0.3 is 0 Å². The average molecular weight is 270 g/mol. The number of nitrogens with zero attached hydrogens (tertiary/aromatic N) is 3. The third kappa shape index (κ3) is 3.00. The molecule has 0 aliphatic rings. The molecule has 4 heteroatoms. The summed E-state index contributed by atoms with van der Waals surface area (Å²) in [5.41, 5.74) is 0.575. The highest BCUT2D eigenvalue weighted by molar-refractivity contribution is 5.78. The monoisotopic (exact) mass is 270 g/mol. The maximum Gasteiger partial charge on any atom is 0.106 e. The Morgan fingerprint density at radius 2 is 2.05 bits per heavy atom. The number of hydrogen-bond acceptors (Lipinski definition) is 3. The van der Waals surface area contributed by atoms with Gasteiger partial charge in [-0.2, -0.15) is 10.4 Å². The Morgan fingerprint density at radius 1 is 1.35 bits per heavy atom. The van der Waals surface area contributed by atoms with Crippen molar-refractivity contribution >= 4 is 10.9 Å². The Bertz CT molecular complexity index is 623. The van der Waals surface area contributed by atoms with Gasteiger partial charge in [-0.3, -0.25) is 10.00 Å². The molecule has 0 spiro atoms. The number of fused-ring (bicyclic) bond motifs is 1. The van der Waals surface area contributed by atoms with Gasteiger partial charge in [-0.1, -0.05) is 18.2 Å². The second-order valence-corrected chi connectivity index (χ2v) is 5.94. The Morgan fingerprint density at radius 3 is 2.70 bits per heavy atom. The van der Waals surface area contributed by atoms with Crippen LogP contribution in [0.1, 0.15) is 40.2 Å². The Kier molecular flexibility index (Phi) is 4.10. The minimum absolute atomic E-state index is 0.158. The quantitative estimate of drug-likeness (QED) is 0.907. The first-order valence-corrected chi connectivity index (χ1v) is 7.06. The molecule has 0 fully saturated rings. The van der Waals surface area contributed by atoms with Gasteiger partial charge in [-0.15, -0.1) is 0 Å². The van der Waals surface area contributed by atoms with Crippen LogP contribution in [0.2, 0.25) is 0 Å². The lowest BCUT2D eigenvalue weighted by Gasteiger charge is -2.29. The van der Waals surface area contributed by atoms with Crippen LogP contribution in [0.25, 0.3) is 10.9 Å². The highest BCUT2D eigenvalue weighted by Crippen LogP contribution is 2.24. The first-order chi connectivity index (χ1) is 9.45. The highest BCUT2D eigenvalue weighted by atomic mass is 15.3. The first-order valence-electron chi connectivity index (χ1n) is 7.06. The van der Waals surface area contributed by atoms with Crippen molar-refractivity contribution < 1.29 is 0 Å². The second-order valence-electron chi connectivity index (χ2n) is 5.94. The zero-order valence-electron chi connectivity index (χ0n) is 12.6. The number of nitriles is 1. The SMILES string of the molecule is CC(C)NC(C)(C#N)CC(C)n1ncc2ccccc21. The van der Waals surface area contributed by atoms with Crippen molar-refractivity contribution in [3.63, 3.8) is 0 Å². The molecule has 0 aliphatic heterocycles. The van der Waals surface area contributed by atoms with Gasteiger partial charge in [0, 0.05) is 17.8 Å². The normalized spacial score (nSPS) is 16.0. The first kappa shape index (κ1) is 14.5. The summed E-state index contributed by atoms with van der Waals surface area (Å²) in [5.74, 6) is 0. The molecule has 1 heterocycles. The van der Waals surface area contributed by atoms with Gasteiger partial charge in [0.1, 0.15) is 5.54 Å². The second kappa shape index (κ2) is 5.64. The lowest BCUT2D eigenvalue weighted by Crippen LogP contribution is -2.46. The minimum atomic E-state index is -0.541. The van der Waals surface area contributed by atoms with E-state index in [0.29, 0.717) is 6.42 Å². The molecule has 20 heavy (non-hydrogen) atoms. The van der Waals surface area contributed by atoms with Crippen molar-refractivity contribution in [2.45, 2.75) is 51.7 Å². The molecule has 106 valence electrons. The van der Waals surface area contributed by atoms with Crippen LogP contribution in [0, 0.1) is 11.3 Å². The predicted octanol–water partition coefficient (Wildman–Crippen LogP) is 3.27. The minimum Gasteiger partial charge on any atom is -0.297 e. The van der Waals surface area contributed by atoms with Gasteiger partial charge in [-0.05, 0) is 33.8 Å². The molecule has 1 aromatic carbocycles. The molecule has 0 radical (unpaired) electrons. The van der Waals surface area contributed by atoms with Crippen molar-refractivity contribution in [2.24, 2.45) is 0 Å². The summed E-state index contributed by atoms with van der Waals surface area (Å²) in [4.78, 5) is 0. The van der Waals surface area contributed by atoms with Gasteiger partial charge in [0.15, 0.2) is 0 Å². The Hall–Kier alpha value is -1.86. The lowest BCUT2D eigenvalue weighted by molar-refractivity contribution is 0.319. The molecule has 2 aromatic rings. The number of hydrogen-bond donors (Lipinski definition) is 1. The van der Waals surface area contributed by atoms with Crippen molar-refractivity contribution in [1.82, 2.24) is 15.1 Å². The van der Waals surface area contributed by atoms with Gasteiger partial charge in [0.2, 0.25) is 0 Å². The van der Waals surface area contributed by atoms with E-state index in [1.165, 1.54) is 0 Å². The predicted molar refractivity (Wildman–Crippen MR) is 81.4 cm³/mol. The maximum atomic E-state index is 9.45.